The SMILES string of the molecule is Nc1ccc(C(=O)Oc2ccc(Cl)cc2C(=O)Nc2ccc([N+](=O)[O-])cc2Cl)cc1.O=C(Oc1ccc(Cl)cc1C(=O)Nc1ccc([N+](=O)[O-])cc1Cl)c1ccc(O)cc1.O=C(Oc1ccc(Cl)cc1C(=O)Nc1ccc([N+](=O)[O-])cc1Cl)c1ccccc1. The number of anilines is 4. The summed E-state index contributed by atoms with van der Waals surface area (Å²) in [5, 5.41) is 49.9. The second-order valence-corrected chi connectivity index (χ2v) is 20.3. The van der Waals surface area contributed by atoms with E-state index in [1.54, 1.807) is 42.5 Å². The molecule has 0 aliphatic rings. The van der Waals surface area contributed by atoms with Crippen molar-refractivity contribution in [1.82, 2.24) is 0 Å². The summed E-state index contributed by atoms with van der Waals surface area (Å²) in [7, 11) is 0. The molecule has 89 heavy (non-hydrogen) atoms. The van der Waals surface area contributed by atoms with E-state index in [2.05, 4.69) is 16.0 Å². The fraction of sp³-hybridized carbons (Fsp3) is 0. The Morgan fingerprint density at radius 1 is 0.382 bits per heavy atom. The number of rotatable bonds is 15. The molecule has 9 rings (SSSR count). The summed E-state index contributed by atoms with van der Waals surface area (Å²) >= 11 is 36.0. The molecule has 0 aliphatic carbocycles. The molecule has 0 spiro atoms. The number of hydrogen-bond donors (Lipinski definition) is 5. The Labute approximate surface area is 531 Å². The zero-order valence-corrected chi connectivity index (χ0v) is 49.2. The van der Waals surface area contributed by atoms with Gasteiger partial charge in [-0.15, -0.1) is 0 Å². The smallest absolute Gasteiger partial charge is 0.343 e. The number of phenols is 1. The predicted molar refractivity (Wildman–Crippen MR) is 333 cm³/mol. The van der Waals surface area contributed by atoms with Crippen LogP contribution in [0.1, 0.15) is 62.1 Å². The van der Waals surface area contributed by atoms with Crippen molar-refractivity contribution in [3.05, 3.63) is 282 Å². The highest BCUT2D eigenvalue weighted by Crippen LogP contribution is 2.34. The molecule has 23 nitrogen and oxygen atoms in total. The van der Waals surface area contributed by atoms with Gasteiger partial charge in [-0.05, 0) is 133 Å². The third-order valence-corrected chi connectivity index (χ3v) is 13.3. The molecular weight excluding hydrogens is 1290 g/mol. The monoisotopic (exact) mass is 1320 g/mol. The molecule has 0 atom stereocenters. The van der Waals surface area contributed by atoms with Crippen LogP contribution >= 0.6 is 69.6 Å². The van der Waals surface area contributed by atoms with E-state index in [-0.39, 0.29) is 115 Å². The molecule has 0 aliphatic heterocycles. The molecular formula is C60H37Cl6N7O16. The Hall–Kier alpha value is -10.7. The van der Waals surface area contributed by atoms with Gasteiger partial charge in [-0.2, -0.15) is 0 Å². The maximum absolute atomic E-state index is 12.8. The van der Waals surface area contributed by atoms with E-state index in [0.717, 1.165) is 18.2 Å². The number of benzene rings is 9. The van der Waals surface area contributed by atoms with Gasteiger partial charge in [-0.1, -0.05) is 87.8 Å². The Morgan fingerprint density at radius 2 is 0.674 bits per heavy atom. The van der Waals surface area contributed by atoms with Crippen LogP contribution in [0.5, 0.6) is 23.0 Å². The lowest BCUT2D eigenvalue weighted by atomic mass is 10.1. The lowest BCUT2D eigenvalue weighted by molar-refractivity contribution is -0.385. The fourth-order valence-corrected chi connectivity index (χ4v) is 8.48. The number of phenolic OH excluding ortho intramolecular Hbond substituents is 1. The summed E-state index contributed by atoms with van der Waals surface area (Å²) in [4.78, 5) is 106. The van der Waals surface area contributed by atoms with Gasteiger partial charge in [0.25, 0.3) is 34.8 Å². The molecule has 0 bridgehead atoms. The van der Waals surface area contributed by atoms with E-state index in [0.29, 0.717) is 11.3 Å². The van der Waals surface area contributed by atoms with Gasteiger partial charge in [0.1, 0.15) is 23.0 Å². The van der Waals surface area contributed by atoms with Crippen molar-refractivity contribution in [3.63, 3.8) is 0 Å². The fourth-order valence-electron chi connectivity index (χ4n) is 7.30. The Bertz CT molecular complexity index is 4080. The number of nitrogens with one attached hydrogen (secondary N) is 3. The highest BCUT2D eigenvalue weighted by Gasteiger charge is 2.23. The molecule has 0 unspecified atom stereocenters. The number of carbonyl (C=O) groups is 6. The summed E-state index contributed by atoms with van der Waals surface area (Å²) in [5.74, 6) is -4.22. The highest BCUT2D eigenvalue weighted by atomic mass is 35.5. The number of esters is 3. The number of halogens is 6. The minimum absolute atomic E-state index is 0.00112. The number of nitrogen functional groups attached to an aromatic ring is 1. The van der Waals surface area contributed by atoms with Crippen LogP contribution in [-0.2, 0) is 0 Å². The quantitative estimate of drug-likeness (QED) is 0.0209. The van der Waals surface area contributed by atoms with Crippen LogP contribution in [0.2, 0.25) is 30.1 Å². The first-order chi connectivity index (χ1) is 42.3. The van der Waals surface area contributed by atoms with E-state index in [1.807, 2.05) is 0 Å². The first-order valence-electron chi connectivity index (χ1n) is 24.8. The van der Waals surface area contributed by atoms with Crippen molar-refractivity contribution < 1.29 is 62.9 Å². The van der Waals surface area contributed by atoms with Crippen LogP contribution in [0.3, 0.4) is 0 Å². The molecule has 9 aromatic rings. The van der Waals surface area contributed by atoms with Gasteiger partial charge >= 0.3 is 17.9 Å². The third kappa shape index (κ3) is 18.2. The van der Waals surface area contributed by atoms with E-state index in [9.17, 15) is 64.2 Å². The molecule has 450 valence electrons. The lowest BCUT2D eigenvalue weighted by Crippen LogP contribution is -2.16. The van der Waals surface area contributed by atoms with Crippen LogP contribution in [-0.4, -0.2) is 55.5 Å². The summed E-state index contributed by atoms with van der Waals surface area (Å²) in [5.41, 5.74) is 6.47. The van der Waals surface area contributed by atoms with Gasteiger partial charge in [-0.3, -0.25) is 44.7 Å². The molecule has 9 aromatic carbocycles. The van der Waals surface area contributed by atoms with Crippen LogP contribution in [0.4, 0.5) is 39.8 Å². The standard InChI is InChI=1S/C20H13Cl2N3O5.C20H12Cl2N2O6.C20H12Cl2N2O5/c21-12-3-8-18(30-20(27)11-1-4-13(23)5-2-11)15(9-12)19(26)24-17-7-6-14(25(28)29)10-16(17)22;21-12-3-8-18(30-20(27)11-1-5-14(25)6-2-11)15(9-12)19(26)23-17-7-4-13(24(28)29)10-16(17)22;21-13-6-9-18(29-20(26)12-4-2-1-3-5-12)15(10-13)19(25)23-17-8-7-14(24(27)28)11-16(17)22/h1-10H,23H2,(H,24,26);1-10,25H,(H,23,26);1-11H,(H,23,25). The number of nitro groups is 3. The number of nitrogens with zero attached hydrogens (tertiary/aromatic N) is 3. The number of aromatic hydroxyl groups is 1. The van der Waals surface area contributed by atoms with E-state index in [1.165, 1.54) is 127 Å². The minimum Gasteiger partial charge on any atom is -0.508 e. The predicted octanol–water partition coefficient (Wildman–Crippen LogP) is 15.4. The van der Waals surface area contributed by atoms with Gasteiger partial charge in [0.05, 0.1) is 80.3 Å². The molecule has 0 saturated carbocycles. The van der Waals surface area contributed by atoms with Crippen molar-refractivity contribution in [3.8, 4) is 23.0 Å². The summed E-state index contributed by atoms with van der Waals surface area (Å²) in [6.07, 6.45) is 0. The van der Waals surface area contributed by atoms with Gasteiger partial charge in [0.2, 0.25) is 0 Å². The summed E-state index contributed by atoms with van der Waals surface area (Å²) in [6.45, 7) is 0. The summed E-state index contributed by atoms with van der Waals surface area (Å²) in [6, 6.07) is 43.0. The molecule has 0 saturated heterocycles. The van der Waals surface area contributed by atoms with Gasteiger partial charge < -0.3 is 41.0 Å². The molecule has 6 N–H and O–H groups in total. The van der Waals surface area contributed by atoms with E-state index < -0.39 is 50.4 Å². The van der Waals surface area contributed by atoms with Crippen LogP contribution in [0.25, 0.3) is 0 Å². The normalized spacial score (nSPS) is 10.3. The zero-order chi connectivity index (χ0) is 64.6. The number of carbonyl (C=O) groups excluding carboxylic acids is 6. The largest absolute Gasteiger partial charge is 0.508 e. The molecule has 0 fully saturated rings. The second kappa shape index (κ2) is 30.1. The maximum Gasteiger partial charge on any atom is 0.343 e. The van der Waals surface area contributed by atoms with E-state index >= 15 is 0 Å². The first kappa shape index (κ1) is 65.9. The van der Waals surface area contributed by atoms with Crippen LogP contribution < -0.4 is 35.9 Å². The molecule has 0 aromatic heterocycles. The van der Waals surface area contributed by atoms with E-state index in [4.69, 9.17) is 89.5 Å². The minimum atomic E-state index is -0.750. The number of non-ortho nitro benzene ring substituents is 3. The van der Waals surface area contributed by atoms with Crippen molar-refractivity contribution in [2.45, 2.75) is 0 Å². The van der Waals surface area contributed by atoms with Gasteiger partial charge in [0.15, 0.2) is 0 Å². The van der Waals surface area contributed by atoms with Crippen molar-refractivity contribution in [2.24, 2.45) is 0 Å². The second-order valence-electron chi connectivity index (χ2n) is 17.8. The van der Waals surface area contributed by atoms with Gasteiger partial charge in [0, 0.05) is 57.2 Å². The van der Waals surface area contributed by atoms with Crippen molar-refractivity contribution in [1.29, 1.82) is 0 Å². The van der Waals surface area contributed by atoms with Crippen LogP contribution in [0.15, 0.2) is 188 Å². The summed E-state index contributed by atoms with van der Waals surface area (Å²) < 4.78 is 16.0. The number of nitrogens with two attached hydrogens (primary N) is 1. The molecule has 3 amide bonds. The van der Waals surface area contributed by atoms with Crippen molar-refractivity contribution >= 4 is 145 Å². The number of nitro benzene ring substituents is 3. The first-order valence-corrected chi connectivity index (χ1v) is 27.1. The maximum atomic E-state index is 12.8. The number of amides is 3. The Kier molecular flexibility index (Phi) is 22.3. The average Bonchev–Trinajstić information content (AvgIpc) is 1.55. The zero-order valence-electron chi connectivity index (χ0n) is 44.7. The van der Waals surface area contributed by atoms with Gasteiger partial charge in [-0.25, -0.2) is 14.4 Å². The molecule has 0 radical (unpaired) electrons. The van der Waals surface area contributed by atoms with Crippen LogP contribution in [0, 0.1) is 30.3 Å². The lowest BCUT2D eigenvalue weighted by Gasteiger charge is -2.12. The Balaban J connectivity index is 0.000000190. The number of hydrogen-bond acceptors (Lipinski definition) is 17. The highest BCUT2D eigenvalue weighted by molar-refractivity contribution is 6.36. The average molecular weight is 1320 g/mol. The topological polar surface area (TPSA) is 342 Å². The third-order valence-electron chi connectivity index (χ3n) is 11.7. The van der Waals surface area contributed by atoms with Crippen molar-refractivity contribution in [2.75, 3.05) is 21.7 Å². The molecule has 0 heterocycles. The molecule has 29 heteroatoms. The number of ether oxygens (including phenoxy) is 3. The Morgan fingerprint density at radius 3 is 0.966 bits per heavy atom.